The zero-order chi connectivity index (χ0) is 23.4. The van der Waals surface area contributed by atoms with Gasteiger partial charge in [-0.05, 0) is 55.9 Å². The van der Waals surface area contributed by atoms with E-state index in [1.165, 1.54) is 30.4 Å². The Labute approximate surface area is 204 Å². The van der Waals surface area contributed by atoms with Crippen LogP contribution >= 0.6 is 22.9 Å². The van der Waals surface area contributed by atoms with Gasteiger partial charge in [-0.25, -0.2) is 4.79 Å². The lowest BCUT2D eigenvalue weighted by Crippen LogP contribution is -2.48. The Kier molecular flexibility index (Phi) is 7.94. The van der Waals surface area contributed by atoms with Gasteiger partial charge in [0.25, 0.3) is 0 Å². The average Bonchev–Trinajstić information content (AvgIpc) is 3.11. The van der Waals surface area contributed by atoms with Gasteiger partial charge in [0.1, 0.15) is 5.00 Å². The molecule has 6 nitrogen and oxygen atoms in total. The molecule has 0 saturated carbocycles. The first-order chi connectivity index (χ1) is 16.0. The summed E-state index contributed by atoms with van der Waals surface area (Å²) in [6.45, 7) is 5.68. The maximum Gasteiger partial charge on any atom is 0.341 e. The number of halogens is 1. The zero-order valence-electron chi connectivity index (χ0n) is 19.4. The molecule has 1 aliphatic carbocycles. The van der Waals surface area contributed by atoms with Crippen LogP contribution in [0.3, 0.4) is 0 Å². The van der Waals surface area contributed by atoms with E-state index in [0.717, 1.165) is 68.1 Å². The summed E-state index contributed by atoms with van der Waals surface area (Å²) in [7, 11) is 1.40. The fourth-order valence-corrected chi connectivity index (χ4v) is 6.22. The molecule has 1 saturated heterocycles. The van der Waals surface area contributed by atoms with Gasteiger partial charge in [-0.3, -0.25) is 9.69 Å². The summed E-state index contributed by atoms with van der Waals surface area (Å²) in [6.07, 6.45) is 6.42. The van der Waals surface area contributed by atoms with Crippen LogP contribution in [-0.4, -0.2) is 56.6 Å². The minimum atomic E-state index is -0.353. The number of ether oxygens (including phenoxy) is 1. The van der Waals surface area contributed by atoms with Gasteiger partial charge >= 0.3 is 5.97 Å². The second-order valence-corrected chi connectivity index (χ2v) is 10.4. The topological polar surface area (TPSA) is 61.9 Å². The molecule has 1 aliphatic heterocycles. The normalized spacial score (nSPS) is 17.1. The molecule has 33 heavy (non-hydrogen) atoms. The SMILES string of the molecule is COC(=O)c1c(NC(=O)CN2CCN(c3cc(Cl)ccc3C)CC2)sc2c1CCCCCC2. The van der Waals surface area contributed by atoms with E-state index < -0.39 is 0 Å². The van der Waals surface area contributed by atoms with Crippen molar-refractivity contribution >= 4 is 45.5 Å². The molecule has 2 aliphatic rings. The van der Waals surface area contributed by atoms with Crippen LogP contribution in [0.1, 0.15) is 52.0 Å². The van der Waals surface area contributed by atoms with Gasteiger partial charge in [0.15, 0.2) is 0 Å². The van der Waals surface area contributed by atoms with Crippen LogP contribution in [0, 0.1) is 6.92 Å². The number of rotatable bonds is 5. The predicted octanol–water partition coefficient (Wildman–Crippen LogP) is 4.92. The minimum Gasteiger partial charge on any atom is -0.465 e. The molecule has 4 rings (SSSR count). The highest BCUT2D eigenvalue weighted by Crippen LogP contribution is 2.37. The molecule has 8 heteroatoms. The van der Waals surface area contributed by atoms with E-state index in [0.29, 0.717) is 17.1 Å². The van der Waals surface area contributed by atoms with Crippen LogP contribution in [-0.2, 0) is 22.4 Å². The first-order valence-electron chi connectivity index (χ1n) is 11.7. The number of anilines is 2. The Morgan fingerprint density at radius 1 is 1.09 bits per heavy atom. The summed E-state index contributed by atoms with van der Waals surface area (Å²) in [6, 6.07) is 5.97. The number of nitrogens with zero attached hydrogens (tertiary/aromatic N) is 2. The number of hydrogen-bond donors (Lipinski definition) is 1. The van der Waals surface area contributed by atoms with E-state index >= 15 is 0 Å². The van der Waals surface area contributed by atoms with Crippen LogP contribution in [0.25, 0.3) is 0 Å². The maximum atomic E-state index is 12.9. The molecule has 178 valence electrons. The van der Waals surface area contributed by atoms with E-state index in [2.05, 4.69) is 22.0 Å². The van der Waals surface area contributed by atoms with Crippen molar-refractivity contribution in [3.8, 4) is 0 Å². The molecule has 0 bridgehead atoms. The summed E-state index contributed by atoms with van der Waals surface area (Å²) >= 11 is 7.74. The van der Waals surface area contributed by atoms with Crippen molar-refractivity contribution in [1.82, 2.24) is 4.90 Å². The molecular formula is C25H32ClN3O3S. The number of hydrogen-bond acceptors (Lipinski definition) is 6. The third kappa shape index (κ3) is 5.70. The van der Waals surface area contributed by atoms with Crippen LogP contribution in [0.2, 0.25) is 5.02 Å². The third-order valence-electron chi connectivity index (χ3n) is 6.57. The van der Waals surface area contributed by atoms with E-state index in [4.69, 9.17) is 16.3 Å². The van der Waals surface area contributed by atoms with Gasteiger partial charge in [0, 0.05) is 41.8 Å². The highest BCUT2D eigenvalue weighted by atomic mass is 35.5. The Hall–Kier alpha value is -2.09. The lowest BCUT2D eigenvalue weighted by Gasteiger charge is -2.36. The fraction of sp³-hybridized carbons (Fsp3) is 0.520. The van der Waals surface area contributed by atoms with Gasteiger partial charge < -0.3 is 15.0 Å². The number of nitrogens with one attached hydrogen (secondary N) is 1. The standard InChI is InChI=1S/C25H32ClN3O3S/c1-17-9-10-18(26)15-20(17)29-13-11-28(12-14-29)16-22(30)27-24-23(25(31)32-2)19-7-5-3-4-6-8-21(19)33-24/h9-10,15H,3-8,11-14,16H2,1-2H3,(H,27,30). The van der Waals surface area contributed by atoms with Gasteiger partial charge in [-0.2, -0.15) is 0 Å². The molecule has 2 heterocycles. The number of aryl methyl sites for hydroxylation is 2. The molecule has 0 spiro atoms. The summed E-state index contributed by atoms with van der Waals surface area (Å²) < 4.78 is 5.07. The van der Waals surface area contributed by atoms with Crippen molar-refractivity contribution in [2.75, 3.05) is 50.1 Å². The summed E-state index contributed by atoms with van der Waals surface area (Å²) in [5.41, 5.74) is 4.00. The quantitative estimate of drug-likeness (QED) is 0.604. The smallest absolute Gasteiger partial charge is 0.341 e. The minimum absolute atomic E-state index is 0.0817. The maximum absolute atomic E-state index is 12.9. The second kappa shape index (κ2) is 10.9. The molecule has 1 aromatic heterocycles. The largest absolute Gasteiger partial charge is 0.465 e. The monoisotopic (exact) mass is 489 g/mol. The van der Waals surface area contributed by atoms with Crippen molar-refractivity contribution in [3.63, 3.8) is 0 Å². The van der Waals surface area contributed by atoms with Gasteiger partial charge in [-0.15, -0.1) is 11.3 Å². The molecule has 1 N–H and O–H groups in total. The van der Waals surface area contributed by atoms with E-state index in [-0.39, 0.29) is 11.9 Å². The van der Waals surface area contributed by atoms with Gasteiger partial charge in [0.2, 0.25) is 5.91 Å². The van der Waals surface area contributed by atoms with E-state index in [9.17, 15) is 9.59 Å². The van der Waals surface area contributed by atoms with Crippen molar-refractivity contribution < 1.29 is 14.3 Å². The zero-order valence-corrected chi connectivity index (χ0v) is 21.0. The molecular weight excluding hydrogens is 458 g/mol. The molecule has 1 aromatic carbocycles. The third-order valence-corrected chi connectivity index (χ3v) is 8.01. The average molecular weight is 490 g/mol. The van der Waals surface area contributed by atoms with Crippen molar-refractivity contribution in [2.24, 2.45) is 0 Å². The Bertz CT molecular complexity index is 1010. The number of thiophene rings is 1. The van der Waals surface area contributed by atoms with Crippen LogP contribution in [0.15, 0.2) is 18.2 Å². The molecule has 0 radical (unpaired) electrons. The Balaban J connectivity index is 1.40. The lowest BCUT2D eigenvalue weighted by atomic mass is 9.96. The predicted molar refractivity (Wildman–Crippen MR) is 135 cm³/mol. The molecule has 2 aromatic rings. The number of benzene rings is 1. The number of amides is 1. The first-order valence-corrected chi connectivity index (χ1v) is 12.9. The fourth-order valence-electron chi connectivity index (χ4n) is 4.76. The number of methoxy groups -OCH3 is 1. The van der Waals surface area contributed by atoms with Gasteiger partial charge in [0.05, 0.1) is 19.2 Å². The highest BCUT2D eigenvalue weighted by molar-refractivity contribution is 7.17. The van der Waals surface area contributed by atoms with Crippen LogP contribution in [0.4, 0.5) is 10.7 Å². The Morgan fingerprint density at radius 3 is 2.55 bits per heavy atom. The van der Waals surface area contributed by atoms with Crippen molar-refractivity contribution in [1.29, 1.82) is 0 Å². The number of carbonyl (C=O) groups is 2. The molecule has 0 unspecified atom stereocenters. The number of fused-ring (bicyclic) bond motifs is 1. The Morgan fingerprint density at radius 2 is 1.82 bits per heavy atom. The number of esters is 1. The van der Waals surface area contributed by atoms with Gasteiger partial charge in [-0.1, -0.05) is 30.5 Å². The second-order valence-electron chi connectivity index (χ2n) is 8.86. The van der Waals surface area contributed by atoms with E-state index in [1.807, 2.05) is 18.2 Å². The summed E-state index contributed by atoms with van der Waals surface area (Å²) in [5.74, 6) is -0.435. The lowest BCUT2D eigenvalue weighted by molar-refractivity contribution is -0.117. The number of carbonyl (C=O) groups excluding carboxylic acids is 2. The number of piperazine rings is 1. The summed E-state index contributed by atoms with van der Waals surface area (Å²) in [5, 5.41) is 4.42. The van der Waals surface area contributed by atoms with Crippen LogP contribution in [0.5, 0.6) is 0 Å². The summed E-state index contributed by atoms with van der Waals surface area (Å²) in [4.78, 5) is 31.2. The molecule has 0 atom stereocenters. The molecule has 1 amide bonds. The highest BCUT2D eigenvalue weighted by Gasteiger charge is 2.27. The van der Waals surface area contributed by atoms with Crippen LogP contribution < -0.4 is 10.2 Å². The van der Waals surface area contributed by atoms with Crippen molar-refractivity contribution in [2.45, 2.75) is 45.4 Å². The molecule has 1 fully saturated rings. The van der Waals surface area contributed by atoms with E-state index in [1.54, 1.807) is 11.3 Å². The van der Waals surface area contributed by atoms with Crippen molar-refractivity contribution in [3.05, 3.63) is 44.8 Å². The first kappa shape index (κ1) is 24.0.